The van der Waals surface area contributed by atoms with Crippen molar-refractivity contribution in [2.75, 3.05) is 25.5 Å². The zero-order chi connectivity index (χ0) is 19.1. The highest BCUT2D eigenvalue weighted by atomic mass is 32.1. The third kappa shape index (κ3) is 3.08. The Morgan fingerprint density at radius 2 is 2.25 bits per heavy atom. The van der Waals surface area contributed by atoms with E-state index < -0.39 is 0 Å². The van der Waals surface area contributed by atoms with Crippen LogP contribution in [0.3, 0.4) is 0 Å². The minimum absolute atomic E-state index is 0.0240. The number of carbonyl (C=O) groups excluding carboxylic acids is 1. The molecule has 3 heterocycles. The van der Waals surface area contributed by atoms with Gasteiger partial charge in [0.2, 0.25) is 0 Å². The van der Waals surface area contributed by atoms with E-state index in [0.717, 1.165) is 47.5 Å². The van der Waals surface area contributed by atoms with Gasteiger partial charge in [-0.2, -0.15) is 0 Å². The van der Waals surface area contributed by atoms with E-state index in [1.165, 1.54) is 11.3 Å². The number of para-hydroxylation sites is 1. The Balaban J connectivity index is 1.28. The summed E-state index contributed by atoms with van der Waals surface area (Å²) in [6.45, 7) is 2.12. The van der Waals surface area contributed by atoms with Gasteiger partial charge in [-0.25, -0.2) is 4.98 Å². The normalized spacial score (nSPS) is 18.0. The summed E-state index contributed by atoms with van der Waals surface area (Å²) in [5.74, 6) is 0.0533. The standard InChI is InChI=1S/C21H24N4O2S/c1-27-21(8-4-9-21)13-22-20-24-16-7-10-25(12-18(16)28-20)19(26)17-11-14-5-2-3-6-15(14)23-17/h2-3,5-6,11,23H,4,7-10,12-13H2,1H3,(H,22,24). The Labute approximate surface area is 167 Å². The topological polar surface area (TPSA) is 70.2 Å². The highest BCUT2D eigenvalue weighted by Gasteiger charge is 2.37. The first-order valence-corrected chi connectivity index (χ1v) is 10.6. The highest BCUT2D eigenvalue weighted by Crippen LogP contribution is 2.36. The molecule has 1 aliphatic heterocycles. The number of hydrogen-bond acceptors (Lipinski definition) is 5. The van der Waals surface area contributed by atoms with Gasteiger partial charge in [-0.3, -0.25) is 4.79 Å². The van der Waals surface area contributed by atoms with Crippen molar-refractivity contribution in [3.8, 4) is 0 Å². The van der Waals surface area contributed by atoms with Crippen molar-refractivity contribution < 1.29 is 9.53 Å². The second-order valence-electron chi connectivity index (χ2n) is 7.73. The van der Waals surface area contributed by atoms with Crippen LogP contribution in [0.5, 0.6) is 0 Å². The Bertz CT molecular complexity index is 982. The van der Waals surface area contributed by atoms with Gasteiger partial charge in [0.1, 0.15) is 5.69 Å². The van der Waals surface area contributed by atoms with E-state index in [-0.39, 0.29) is 11.5 Å². The zero-order valence-corrected chi connectivity index (χ0v) is 16.8. The summed E-state index contributed by atoms with van der Waals surface area (Å²) in [6, 6.07) is 9.92. The maximum absolute atomic E-state index is 13.0. The number of hydrogen-bond donors (Lipinski definition) is 2. The summed E-state index contributed by atoms with van der Waals surface area (Å²) >= 11 is 1.66. The first kappa shape index (κ1) is 17.7. The fourth-order valence-electron chi connectivity index (χ4n) is 4.06. The number of fused-ring (bicyclic) bond motifs is 2. The molecule has 1 fully saturated rings. The predicted molar refractivity (Wildman–Crippen MR) is 111 cm³/mol. The number of aromatic nitrogens is 2. The SMILES string of the molecule is COC1(CNc2nc3c(s2)CN(C(=O)c2cc4ccccc4[nH]2)CC3)CCC1. The third-order valence-corrected chi connectivity index (χ3v) is 7.08. The molecule has 0 radical (unpaired) electrons. The van der Waals surface area contributed by atoms with E-state index in [2.05, 4.69) is 10.3 Å². The molecule has 2 N–H and O–H groups in total. The number of benzene rings is 1. The number of aromatic amines is 1. The van der Waals surface area contributed by atoms with Gasteiger partial charge in [-0.1, -0.05) is 29.5 Å². The van der Waals surface area contributed by atoms with Crippen LogP contribution in [0.25, 0.3) is 10.9 Å². The molecule has 1 aromatic carbocycles. The highest BCUT2D eigenvalue weighted by molar-refractivity contribution is 7.15. The van der Waals surface area contributed by atoms with Gasteiger partial charge < -0.3 is 19.9 Å². The van der Waals surface area contributed by atoms with Crippen molar-refractivity contribution >= 4 is 33.3 Å². The molecule has 0 unspecified atom stereocenters. The number of ether oxygens (including phenoxy) is 1. The molecule has 1 aliphatic carbocycles. The van der Waals surface area contributed by atoms with Gasteiger partial charge in [0, 0.05) is 42.4 Å². The second kappa shape index (κ2) is 6.90. The van der Waals surface area contributed by atoms with E-state index in [9.17, 15) is 4.79 Å². The number of rotatable bonds is 5. The van der Waals surface area contributed by atoms with Crippen LogP contribution >= 0.6 is 11.3 Å². The summed E-state index contributed by atoms with van der Waals surface area (Å²) in [6.07, 6.45) is 4.24. The Morgan fingerprint density at radius 3 is 3.00 bits per heavy atom. The smallest absolute Gasteiger partial charge is 0.270 e. The zero-order valence-electron chi connectivity index (χ0n) is 16.0. The molecule has 28 heavy (non-hydrogen) atoms. The number of nitrogens with zero attached hydrogens (tertiary/aromatic N) is 2. The maximum atomic E-state index is 13.0. The van der Waals surface area contributed by atoms with E-state index in [0.29, 0.717) is 18.8 Å². The summed E-state index contributed by atoms with van der Waals surface area (Å²) in [5, 5.41) is 5.47. The number of thiazole rings is 1. The van der Waals surface area contributed by atoms with Crippen LogP contribution < -0.4 is 5.32 Å². The van der Waals surface area contributed by atoms with Crippen molar-refractivity contribution in [3.63, 3.8) is 0 Å². The monoisotopic (exact) mass is 396 g/mol. The van der Waals surface area contributed by atoms with Crippen molar-refractivity contribution in [2.24, 2.45) is 0 Å². The lowest BCUT2D eigenvalue weighted by Gasteiger charge is -2.40. The molecule has 1 saturated carbocycles. The average Bonchev–Trinajstić information content (AvgIpc) is 3.30. The molecule has 5 rings (SSSR count). The van der Waals surface area contributed by atoms with Crippen LogP contribution in [0, 0.1) is 0 Å². The minimum Gasteiger partial charge on any atom is -0.376 e. The number of nitrogens with one attached hydrogen (secondary N) is 2. The van der Waals surface area contributed by atoms with Gasteiger partial charge in [0.25, 0.3) is 5.91 Å². The summed E-state index contributed by atoms with van der Waals surface area (Å²) < 4.78 is 5.68. The largest absolute Gasteiger partial charge is 0.376 e. The molecule has 0 spiro atoms. The third-order valence-electron chi connectivity index (χ3n) is 6.04. The lowest BCUT2D eigenvalue weighted by atomic mass is 9.80. The number of anilines is 1. The molecular formula is C21H24N4O2S. The van der Waals surface area contributed by atoms with Crippen LogP contribution in [0.2, 0.25) is 0 Å². The van der Waals surface area contributed by atoms with Crippen molar-refractivity contribution in [2.45, 2.75) is 37.8 Å². The minimum atomic E-state index is -0.0240. The fourth-order valence-corrected chi connectivity index (χ4v) is 5.08. The number of amides is 1. The predicted octanol–water partition coefficient (Wildman–Crippen LogP) is 3.80. The van der Waals surface area contributed by atoms with E-state index >= 15 is 0 Å². The molecule has 2 aromatic heterocycles. The number of H-pyrrole nitrogens is 1. The summed E-state index contributed by atoms with van der Waals surface area (Å²) in [7, 11) is 1.79. The number of carbonyl (C=O) groups is 1. The first-order valence-electron chi connectivity index (χ1n) is 9.80. The molecule has 0 bridgehead atoms. The molecule has 6 nitrogen and oxygen atoms in total. The second-order valence-corrected chi connectivity index (χ2v) is 8.81. The molecule has 2 aliphatic rings. The molecule has 3 aromatic rings. The van der Waals surface area contributed by atoms with Crippen molar-refractivity contribution in [1.82, 2.24) is 14.9 Å². The van der Waals surface area contributed by atoms with Gasteiger partial charge in [-0.15, -0.1) is 0 Å². The first-order chi connectivity index (χ1) is 13.7. The van der Waals surface area contributed by atoms with Crippen molar-refractivity contribution in [3.05, 3.63) is 46.6 Å². The Morgan fingerprint density at radius 1 is 1.39 bits per heavy atom. The lowest BCUT2D eigenvalue weighted by Crippen LogP contribution is -2.45. The van der Waals surface area contributed by atoms with Crippen LogP contribution in [-0.2, 0) is 17.7 Å². The molecule has 0 atom stereocenters. The molecular weight excluding hydrogens is 372 g/mol. The Kier molecular flexibility index (Phi) is 4.36. The quantitative estimate of drug-likeness (QED) is 0.688. The van der Waals surface area contributed by atoms with Crippen LogP contribution in [0.4, 0.5) is 5.13 Å². The van der Waals surface area contributed by atoms with Crippen LogP contribution in [0.15, 0.2) is 30.3 Å². The van der Waals surface area contributed by atoms with Gasteiger partial charge in [0.15, 0.2) is 5.13 Å². The van der Waals surface area contributed by atoms with Crippen LogP contribution in [-0.4, -0.2) is 46.6 Å². The van der Waals surface area contributed by atoms with E-state index in [4.69, 9.17) is 9.72 Å². The van der Waals surface area contributed by atoms with Gasteiger partial charge in [0.05, 0.1) is 17.8 Å². The van der Waals surface area contributed by atoms with Gasteiger partial charge >= 0.3 is 0 Å². The molecule has 0 saturated heterocycles. The fraction of sp³-hybridized carbons (Fsp3) is 0.429. The lowest BCUT2D eigenvalue weighted by molar-refractivity contribution is -0.0601. The molecule has 7 heteroatoms. The Hall–Kier alpha value is -2.38. The van der Waals surface area contributed by atoms with E-state index in [1.807, 2.05) is 35.2 Å². The summed E-state index contributed by atoms with van der Waals surface area (Å²) in [5.41, 5.74) is 2.74. The van der Waals surface area contributed by atoms with Crippen molar-refractivity contribution in [1.29, 1.82) is 0 Å². The summed E-state index contributed by atoms with van der Waals surface area (Å²) in [4.78, 5) is 24.1. The number of methoxy groups -OCH3 is 1. The average molecular weight is 397 g/mol. The molecule has 1 amide bonds. The van der Waals surface area contributed by atoms with Gasteiger partial charge in [-0.05, 0) is 31.4 Å². The van der Waals surface area contributed by atoms with E-state index in [1.54, 1.807) is 18.4 Å². The molecule has 146 valence electrons. The van der Waals surface area contributed by atoms with Crippen LogP contribution in [0.1, 0.15) is 40.3 Å². The maximum Gasteiger partial charge on any atom is 0.270 e.